The summed E-state index contributed by atoms with van der Waals surface area (Å²) in [5.41, 5.74) is 0.984. The van der Waals surface area contributed by atoms with Gasteiger partial charge in [0.15, 0.2) is 5.65 Å². The summed E-state index contributed by atoms with van der Waals surface area (Å²) in [5, 5.41) is 0. The summed E-state index contributed by atoms with van der Waals surface area (Å²) in [7, 11) is 4.67. The molecule has 22 heavy (non-hydrogen) atoms. The molecule has 0 atom stereocenters. The molecule has 1 N–H and O–H groups in total. The van der Waals surface area contributed by atoms with E-state index >= 15 is 0 Å². The number of H-pyrrole nitrogens is 1. The molecule has 0 unspecified atom stereocenters. The van der Waals surface area contributed by atoms with Crippen LogP contribution >= 0.6 is 0 Å². The fraction of sp³-hybridized carbons (Fsp3) is 0.267. The summed E-state index contributed by atoms with van der Waals surface area (Å²) in [6.07, 6.45) is 0.538. The van der Waals surface area contributed by atoms with Crippen molar-refractivity contribution in [2.75, 3.05) is 7.11 Å². The smallest absolute Gasteiger partial charge is 0.332 e. The highest BCUT2D eigenvalue weighted by Gasteiger charge is 2.13. The van der Waals surface area contributed by atoms with E-state index in [2.05, 4.69) is 9.97 Å². The maximum atomic E-state index is 12.1. The molecule has 0 bridgehead atoms. The topological polar surface area (TPSA) is 81.9 Å². The summed E-state index contributed by atoms with van der Waals surface area (Å²) in [6, 6.07) is 7.60. The van der Waals surface area contributed by atoms with Crippen molar-refractivity contribution in [1.82, 2.24) is 19.1 Å². The van der Waals surface area contributed by atoms with Crippen molar-refractivity contribution >= 4 is 11.2 Å². The zero-order chi connectivity index (χ0) is 15.9. The molecule has 7 nitrogen and oxygen atoms in total. The van der Waals surface area contributed by atoms with Gasteiger partial charge < -0.3 is 9.72 Å². The van der Waals surface area contributed by atoms with Crippen LogP contribution in [0.15, 0.2) is 33.9 Å². The maximum absolute atomic E-state index is 12.1. The molecule has 0 fully saturated rings. The van der Waals surface area contributed by atoms with E-state index in [9.17, 15) is 9.59 Å². The first-order chi connectivity index (χ1) is 10.5. The molecule has 0 aliphatic carbocycles. The van der Waals surface area contributed by atoms with E-state index in [1.54, 1.807) is 14.2 Å². The van der Waals surface area contributed by atoms with E-state index in [1.807, 2.05) is 24.3 Å². The Labute approximate surface area is 125 Å². The molecule has 7 heteroatoms. The van der Waals surface area contributed by atoms with Gasteiger partial charge in [-0.25, -0.2) is 9.78 Å². The number of hydrogen-bond donors (Lipinski definition) is 1. The van der Waals surface area contributed by atoms with Gasteiger partial charge in [0, 0.05) is 20.5 Å². The van der Waals surface area contributed by atoms with E-state index in [-0.39, 0.29) is 11.2 Å². The molecule has 114 valence electrons. The first-order valence-corrected chi connectivity index (χ1v) is 6.79. The first-order valence-electron chi connectivity index (χ1n) is 6.79. The van der Waals surface area contributed by atoms with Crippen LogP contribution in [0, 0.1) is 0 Å². The van der Waals surface area contributed by atoms with Crippen molar-refractivity contribution in [3.63, 3.8) is 0 Å². The summed E-state index contributed by atoms with van der Waals surface area (Å²) in [5.74, 6) is 1.42. The van der Waals surface area contributed by atoms with Crippen molar-refractivity contribution in [1.29, 1.82) is 0 Å². The fourth-order valence-corrected chi connectivity index (χ4v) is 2.39. The Morgan fingerprint density at radius 3 is 2.45 bits per heavy atom. The number of hydrogen-bond acceptors (Lipinski definition) is 4. The molecule has 0 radical (unpaired) electrons. The largest absolute Gasteiger partial charge is 0.497 e. The number of aromatic amines is 1. The number of aryl methyl sites for hydroxylation is 1. The van der Waals surface area contributed by atoms with Gasteiger partial charge in [-0.05, 0) is 17.7 Å². The van der Waals surface area contributed by atoms with Crippen LogP contribution in [0.1, 0.15) is 11.4 Å². The number of nitrogens with zero attached hydrogens (tertiary/aromatic N) is 3. The fourth-order valence-electron chi connectivity index (χ4n) is 2.39. The van der Waals surface area contributed by atoms with Crippen LogP contribution in [-0.2, 0) is 20.5 Å². The third kappa shape index (κ3) is 2.20. The Morgan fingerprint density at radius 1 is 1.14 bits per heavy atom. The van der Waals surface area contributed by atoms with E-state index in [4.69, 9.17) is 4.74 Å². The number of ether oxygens (including phenoxy) is 1. The molecule has 2 aromatic heterocycles. The maximum Gasteiger partial charge on any atom is 0.332 e. The summed E-state index contributed by atoms with van der Waals surface area (Å²) >= 11 is 0. The SMILES string of the molecule is COc1ccc(Cc2nc3c([nH]2)c(=O)n(C)c(=O)n3C)cc1. The van der Waals surface area contributed by atoms with Gasteiger partial charge in [0.25, 0.3) is 5.56 Å². The molecule has 0 aliphatic heterocycles. The van der Waals surface area contributed by atoms with Gasteiger partial charge in [0.05, 0.1) is 7.11 Å². The Morgan fingerprint density at radius 2 is 1.82 bits per heavy atom. The van der Waals surface area contributed by atoms with E-state index in [0.29, 0.717) is 23.4 Å². The number of nitrogens with one attached hydrogen (secondary N) is 1. The van der Waals surface area contributed by atoms with Crippen molar-refractivity contribution in [3.8, 4) is 5.75 Å². The number of rotatable bonds is 3. The third-order valence-corrected chi connectivity index (χ3v) is 3.67. The second kappa shape index (κ2) is 5.18. The summed E-state index contributed by atoms with van der Waals surface area (Å²) < 4.78 is 7.55. The quantitative estimate of drug-likeness (QED) is 0.766. The van der Waals surface area contributed by atoms with Crippen molar-refractivity contribution in [2.45, 2.75) is 6.42 Å². The van der Waals surface area contributed by atoms with E-state index in [1.165, 1.54) is 11.6 Å². The number of imidazole rings is 1. The highest BCUT2D eigenvalue weighted by atomic mass is 16.5. The minimum absolute atomic E-state index is 0.341. The van der Waals surface area contributed by atoms with Crippen molar-refractivity contribution in [2.24, 2.45) is 14.1 Å². The minimum atomic E-state index is -0.389. The minimum Gasteiger partial charge on any atom is -0.497 e. The Bertz CT molecular complexity index is 948. The lowest BCUT2D eigenvalue weighted by atomic mass is 10.1. The van der Waals surface area contributed by atoms with Gasteiger partial charge in [0.1, 0.15) is 17.1 Å². The number of methoxy groups -OCH3 is 1. The van der Waals surface area contributed by atoms with Crippen LogP contribution in [0.3, 0.4) is 0 Å². The molecule has 0 aliphatic rings. The second-order valence-corrected chi connectivity index (χ2v) is 5.11. The molecule has 1 aromatic carbocycles. The number of benzene rings is 1. The molecular formula is C15H16N4O3. The highest BCUT2D eigenvalue weighted by molar-refractivity contribution is 5.69. The average Bonchev–Trinajstić information content (AvgIpc) is 2.95. The Kier molecular flexibility index (Phi) is 3.32. The number of fused-ring (bicyclic) bond motifs is 1. The lowest BCUT2D eigenvalue weighted by Gasteiger charge is -2.01. The van der Waals surface area contributed by atoms with Gasteiger partial charge in [-0.15, -0.1) is 0 Å². The lowest BCUT2D eigenvalue weighted by Crippen LogP contribution is -2.36. The van der Waals surface area contributed by atoms with E-state index < -0.39 is 0 Å². The average molecular weight is 300 g/mol. The standard InChI is InChI=1S/C15H16N4O3/c1-18-13-12(14(20)19(2)15(18)21)16-11(17-13)8-9-4-6-10(22-3)7-5-9/h4-7H,8H2,1-3H3,(H,16,17). The Hall–Kier alpha value is -2.83. The van der Waals surface area contributed by atoms with Gasteiger partial charge in [-0.3, -0.25) is 13.9 Å². The highest BCUT2D eigenvalue weighted by Crippen LogP contribution is 2.14. The zero-order valence-corrected chi connectivity index (χ0v) is 12.6. The zero-order valence-electron chi connectivity index (χ0n) is 12.6. The molecule has 0 saturated heterocycles. The lowest BCUT2D eigenvalue weighted by molar-refractivity contribution is 0.414. The normalized spacial score (nSPS) is 11.0. The summed E-state index contributed by atoms with van der Waals surface area (Å²) in [4.78, 5) is 31.4. The summed E-state index contributed by atoms with van der Waals surface area (Å²) in [6.45, 7) is 0. The molecule has 2 heterocycles. The van der Waals surface area contributed by atoms with Crippen LogP contribution in [0.4, 0.5) is 0 Å². The van der Waals surface area contributed by atoms with Crippen LogP contribution in [0.5, 0.6) is 5.75 Å². The molecule has 0 spiro atoms. The molecule has 3 aromatic rings. The molecule has 3 rings (SSSR count). The third-order valence-electron chi connectivity index (χ3n) is 3.67. The van der Waals surface area contributed by atoms with Gasteiger partial charge in [-0.2, -0.15) is 0 Å². The van der Waals surface area contributed by atoms with Crippen LogP contribution < -0.4 is 16.0 Å². The van der Waals surface area contributed by atoms with Gasteiger partial charge in [0.2, 0.25) is 0 Å². The Balaban J connectivity index is 2.05. The number of aromatic nitrogens is 4. The van der Waals surface area contributed by atoms with Crippen LogP contribution in [-0.4, -0.2) is 26.2 Å². The van der Waals surface area contributed by atoms with Gasteiger partial charge in [-0.1, -0.05) is 12.1 Å². The van der Waals surface area contributed by atoms with Crippen molar-refractivity contribution < 1.29 is 4.74 Å². The molecule has 0 saturated carbocycles. The predicted molar refractivity (Wildman–Crippen MR) is 82.4 cm³/mol. The first kappa shape index (κ1) is 14.1. The predicted octanol–water partition coefficient (Wildman–Crippen LogP) is 0.560. The monoisotopic (exact) mass is 300 g/mol. The van der Waals surface area contributed by atoms with Crippen LogP contribution in [0.2, 0.25) is 0 Å². The van der Waals surface area contributed by atoms with Crippen molar-refractivity contribution in [3.05, 3.63) is 56.5 Å². The molecular weight excluding hydrogens is 284 g/mol. The van der Waals surface area contributed by atoms with E-state index in [0.717, 1.165) is 15.9 Å². The van der Waals surface area contributed by atoms with Crippen LogP contribution in [0.25, 0.3) is 11.2 Å². The van der Waals surface area contributed by atoms with Gasteiger partial charge >= 0.3 is 5.69 Å². The second-order valence-electron chi connectivity index (χ2n) is 5.11. The molecule has 0 amide bonds.